The zero-order chi connectivity index (χ0) is 20.3. The van der Waals surface area contributed by atoms with E-state index < -0.39 is 0 Å². The monoisotopic (exact) mass is 413 g/mol. The highest BCUT2D eigenvalue weighted by Crippen LogP contribution is 2.67. The van der Waals surface area contributed by atoms with Crippen LogP contribution in [0.5, 0.6) is 0 Å². The summed E-state index contributed by atoms with van der Waals surface area (Å²) in [5, 5.41) is 0. The summed E-state index contributed by atoms with van der Waals surface area (Å²) in [6.45, 7) is 5.16. The number of rotatable bonds is 4. The summed E-state index contributed by atoms with van der Waals surface area (Å²) in [6.07, 6.45) is 7.19. The first kappa shape index (κ1) is 19.7. The van der Waals surface area contributed by atoms with Crippen LogP contribution in [0.25, 0.3) is 0 Å². The van der Waals surface area contributed by atoms with Crippen molar-refractivity contribution in [3.05, 3.63) is 35.9 Å². The predicted molar refractivity (Wildman–Crippen MR) is 113 cm³/mol. The van der Waals surface area contributed by atoms with Crippen LogP contribution in [-0.2, 0) is 18.9 Å². The van der Waals surface area contributed by atoms with Gasteiger partial charge in [0, 0.05) is 18.6 Å². The largest absolute Gasteiger partial charge is 0.359 e. The molecular weight excluding hydrogens is 378 g/mol. The highest BCUT2D eigenvalue weighted by molar-refractivity contribution is 5.26. The Balaban J connectivity index is 1.43. The molecule has 0 radical (unpaired) electrons. The van der Waals surface area contributed by atoms with E-state index >= 15 is 0 Å². The third-order valence-corrected chi connectivity index (χ3v) is 9.01. The smallest absolute Gasteiger partial charge is 0.185 e. The molecule has 30 heavy (non-hydrogen) atoms. The SMILES string of the molecule is COCOC1CCCN2CCC[C@@]34O[C@@H](c5ccccc5)O[C@@H]3[C@@H]3[C@H](C)C[C@H]4C[C@@]132. The third-order valence-electron chi connectivity index (χ3n) is 9.01. The van der Waals surface area contributed by atoms with E-state index in [0.29, 0.717) is 24.5 Å². The number of piperidine rings is 1. The molecule has 4 bridgehead atoms. The topological polar surface area (TPSA) is 40.2 Å². The summed E-state index contributed by atoms with van der Waals surface area (Å²) in [7, 11) is 1.73. The number of nitrogens with zero attached hydrogens (tertiary/aromatic N) is 1. The van der Waals surface area contributed by atoms with Gasteiger partial charge in [0.15, 0.2) is 6.29 Å². The van der Waals surface area contributed by atoms with Crippen molar-refractivity contribution < 1.29 is 18.9 Å². The van der Waals surface area contributed by atoms with Crippen LogP contribution in [0, 0.1) is 17.8 Å². The third kappa shape index (κ3) is 2.59. The summed E-state index contributed by atoms with van der Waals surface area (Å²) in [5.41, 5.74) is 1.08. The van der Waals surface area contributed by atoms with Crippen LogP contribution in [0.2, 0.25) is 0 Å². The van der Waals surface area contributed by atoms with Crippen LogP contribution in [0.1, 0.15) is 57.3 Å². The Hall–Kier alpha value is -0.980. The van der Waals surface area contributed by atoms with Gasteiger partial charge < -0.3 is 18.9 Å². The fourth-order valence-electron chi connectivity index (χ4n) is 8.12. The molecule has 7 aliphatic rings. The van der Waals surface area contributed by atoms with E-state index in [4.69, 9.17) is 18.9 Å². The van der Waals surface area contributed by atoms with Gasteiger partial charge in [-0.15, -0.1) is 0 Å². The standard InChI is InChI=1S/C25H35NO4/c1-17-14-19-15-24-20(28-16-27-2)10-6-12-26(24)13-7-11-25(19)22(21(17)24)29-23(30-25)18-8-4-3-5-9-18/h3-5,8-9,17,19-23H,6-7,10-16H2,1-2H3/t17-,19+,20?,21+,22-,23+,24-,25+/m1/s1. The molecule has 4 heterocycles. The van der Waals surface area contributed by atoms with Crippen molar-refractivity contribution in [2.45, 2.75) is 75.1 Å². The van der Waals surface area contributed by atoms with Gasteiger partial charge in [-0.25, -0.2) is 0 Å². The Bertz CT molecular complexity index is 774. The average molecular weight is 414 g/mol. The van der Waals surface area contributed by atoms with E-state index in [2.05, 4.69) is 42.2 Å². The normalized spacial score (nSPS) is 47.5. The number of fused-ring (bicyclic) bond motifs is 3. The van der Waals surface area contributed by atoms with E-state index in [1.165, 1.54) is 32.2 Å². The molecular formula is C25H35NO4. The number of hydrogen-bond donors (Lipinski definition) is 0. The van der Waals surface area contributed by atoms with Crippen molar-refractivity contribution in [3.63, 3.8) is 0 Å². The van der Waals surface area contributed by atoms with Gasteiger partial charge >= 0.3 is 0 Å². The highest BCUT2D eigenvalue weighted by Gasteiger charge is 2.73. The molecule has 1 aromatic rings. The van der Waals surface area contributed by atoms with Gasteiger partial charge in [0.2, 0.25) is 0 Å². The quantitative estimate of drug-likeness (QED) is 0.694. The van der Waals surface area contributed by atoms with Crippen molar-refractivity contribution >= 4 is 0 Å². The average Bonchev–Trinajstić information content (AvgIpc) is 3.15. The molecule has 4 aliphatic heterocycles. The number of ether oxygens (including phenoxy) is 4. The lowest BCUT2D eigenvalue weighted by Crippen LogP contribution is -2.78. The van der Waals surface area contributed by atoms with Crippen LogP contribution in [0.15, 0.2) is 30.3 Å². The van der Waals surface area contributed by atoms with Crippen LogP contribution in [-0.4, -0.2) is 55.2 Å². The predicted octanol–water partition coefficient (Wildman–Crippen LogP) is 4.13. The Morgan fingerprint density at radius 2 is 2.00 bits per heavy atom. The van der Waals surface area contributed by atoms with Crippen LogP contribution in [0.3, 0.4) is 0 Å². The molecule has 8 rings (SSSR count). The molecule has 1 unspecified atom stereocenters. The summed E-state index contributed by atoms with van der Waals surface area (Å²) in [5.74, 6) is 1.59. The molecule has 2 spiro atoms. The van der Waals surface area contributed by atoms with Gasteiger partial charge in [-0.3, -0.25) is 4.90 Å². The second kappa shape index (κ2) is 7.28. The first-order chi connectivity index (χ1) is 14.7. The van der Waals surface area contributed by atoms with E-state index in [1.54, 1.807) is 7.11 Å². The van der Waals surface area contributed by atoms with E-state index in [9.17, 15) is 0 Å². The zero-order valence-corrected chi connectivity index (χ0v) is 18.3. The minimum absolute atomic E-state index is 0.0582. The zero-order valence-electron chi connectivity index (χ0n) is 18.3. The molecule has 1 aromatic carbocycles. The molecule has 8 atom stereocenters. The lowest BCUT2D eigenvalue weighted by Gasteiger charge is -2.69. The number of methoxy groups -OCH3 is 1. The fourth-order valence-corrected chi connectivity index (χ4v) is 8.12. The summed E-state index contributed by atoms with van der Waals surface area (Å²) in [6, 6.07) is 10.5. The molecule has 0 amide bonds. The molecule has 164 valence electrons. The maximum Gasteiger partial charge on any atom is 0.185 e. The van der Waals surface area contributed by atoms with Crippen molar-refractivity contribution in [2.24, 2.45) is 17.8 Å². The van der Waals surface area contributed by atoms with E-state index in [-0.39, 0.29) is 29.6 Å². The highest BCUT2D eigenvalue weighted by atomic mass is 16.7. The minimum atomic E-state index is -0.241. The van der Waals surface area contributed by atoms with Gasteiger partial charge in [0.1, 0.15) is 12.4 Å². The molecule has 5 heteroatoms. The fraction of sp³-hybridized carbons (Fsp3) is 0.760. The molecule has 4 saturated heterocycles. The Morgan fingerprint density at radius 1 is 1.17 bits per heavy atom. The lowest BCUT2D eigenvalue weighted by molar-refractivity contribution is -0.267. The van der Waals surface area contributed by atoms with Crippen molar-refractivity contribution in [2.75, 3.05) is 27.0 Å². The number of hydrogen-bond acceptors (Lipinski definition) is 5. The maximum absolute atomic E-state index is 6.93. The van der Waals surface area contributed by atoms with Crippen LogP contribution < -0.4 is 0 Å². The Labute approximate surface area is 180 Å². The van der Waals surface area contributed by atoms with Gasteiger partial charge in [-0.1, -0.05) is 37.3 Å². The summed E-state index contributed by atoms with van der Waals surface area (Å²) in [4.78, 5) is 2.80. The van der Waals surface area contributed by atoms with E-state index in [0.717, 1.165) is 24.9 Å². The number of benzene rings is 1. The molecule has 7 fully saturated rings. The van der Waals surface area contributed by atoms with Gasteiger partial charge in [-0.2, -0.15) is 0 Å². The van der Waals surface area contributed by atoms with Gasteiger partial charge in [0.05, 0.1) is 17.7 Å². The first-order valence-corrected chi connectivity index (χ1v) is 11.9. The summed E-state index contributed by atoms with van der Waals surface area (Å²) < 4.78 is 25.6. The van der Waals surface area contributed by atoms with Gasteiger partial charge in [0.25, 0.3) is 0 Å². The second-order valence-electron chi connectivity index (χ2n) is 10.3. The van der Waals surface area contributed by atoms with Crippen LogP contribution >= 0.6 is 0 Å². The maximum atomic E-state index is 6.93. The van der Waals surface area contributed by atoms with Crippen molar-refractivity contribution in [3.8, 4) is 0 Å². The molecule has 0 aromatic heterocycles. The minimum Gasteiger partial charge on any atom is -0.359 e. The lowest BCUT2D eigenvalue weighted by atomic mass is 9.45. The van der Waals surface area contributed by atoms with Crippen LogP contribution in [0.4, 0.5) is 0 Å². The first-order valence-electron chi connectivity index (χ1n) is 11.9. The summed E-state index contributed by atoms with van der Waals surface area (Å²) >= 11 is 0. The van der Waals surface area contributed by atoms with E-state index in [1.807, 2.05) is 0 Å². The molecule has 3 aliphatic carbocycles. The Kier molecular flexibility index (Phi) is 4.78. The second-order valence-corrected chi connectivity index (χ2v) is 10.3. The Morgan fingerprint density at radius 3 is 2.83 bits per heavy atom. The molecule has 3 saturated carbocycles. The molecule has 0 N–H and O–H groups in total. The van der Waals surface area contributed by atoms with Crippen molar-refractivity contribution in [1.29, 1.82) is 0 Å². The van der Waals surface area contributed by atoms with Gasteiger partial charge in [-0.05, 0) is 63.5 Å². The molecule has 5 nitrogen and oxygen atoms in total. The van der Waals surface area contributed by atoms with Crippen molar-refractivity contribution in [1.82, 2.24) is 4.90 Å².